The largest absolute Gasteiger partial charge is 0.329 e. The standard InChI is InChI=1S/C14H19N3S.ClH/c15-7-9-17(10-14-11-18-12-16-14)8-6-13-4-2-1-3-5-13;/h1-5,11-12H,6-10,15H2;1H. The van der Waals surface area contributed by atoms with Crippen LogP contribution in [0.25, 0.3) is 0 Å². The fourth-order valence-electron chi connectivity index (χ4n) is 1.93. The summed E-state index contributed by atoms with van der Waals surface area (Å²) in [4.78, 5) is 6.69. The molecular formula is C14H20ClN3S. The van der Waals surface area contributed by atoms with Crippen molar-refractivity contribution < 1.29 is 0 Å². The number of halogens is 1. The predicted octanol–water partition coefficient (Wildman–Crippen LogP) is 2.57. The van der Waals surface area contributed by atoms with Crippen LogP contribution in [0.5, 0.6) is 0 Å². The Balaban J connectivity index is 0.00000180. The molecule has 2 N–H and O–H groups in total. The van der Waals surface area contributed by atoms with Gasteiger partial charge in [0.05, 0.1) is 11.2 Å². The maximum absolute atomic E-state index is 5.67. The van der Waals surface area contributed by atoms with Crippen molar-refractivity contribution in [2.75, 3.05) is 19.6 Å². The van der Waals surface area contributed by atoms with Gasteiger partial charge in [-0.1, -0.05) is 30.3 Å². The van der Waals surface area contributed by atoms with Crippen molar-refractivity contribution in [1.82, 2.24) is 9.88 Å². The van der Waals surface area contributed by atoms with Gasteiger partial charge >= 0.3 is 0 Å². The van der Waals surface area contributed by atoms with Crippen LogP contribution in [0.4, 0.5) is 0 Å². The third kappa shape index (κ3) is 5.70. The molecule has 0 spiro atoms. The van der Waals surface area contributed by atoms with Gasteiger partial charge in [0.15, 0.2) is 0 Å². The molecule has 5 heteroatoms. The van der Waals surface area contributed by atoms with Crippen molar-refractivity contribution >= 4 is 23.7 Å². The van der Waals surface area contributed by atoms with E-state index >= 15 is 0 Å². The van der Waals surface area contributed by atoms with E-state index in [9.17, 15) is 0 Å². The van der Waals surface area contributed by atoms with Gasteiger partial charge in [-0.05, 0) is 12.0 Å². The Labute approximate surface area is 124 Å². The van der Waals surface area contributed by atoms with E-state index in [-0.39, 0.29) is 12.4 Å². The molecule has 0 aliphatic carbocycles. The molecule has 2 aromatic rings. The molecule has 0 unspecified atom stereocenters. The molecule has 1 heterocycles. The first kappa shape index (κ1) is 16.1. The van der Waals surface area contributed by atoms with E-state index in [0.717, 1.165) is 31.7 Å². The molecule has 0 aliphatic rings. The summed E-state index contributed by atoms with van der Waals surface area (Å²) in [6.45, 7) is 3.54. The van der Waals surface area contributed by atoms with Crippen LogP contribution in [-0.4, -0.2) is 29.5 Å². The summed E-state index contributed by atoms with van der Waals surface area (Å²) in [5.41, 5.74) is 10.1. The molecule has 0 aliphatic heterocycles. The zero-order valence-electron chi connectivity index (χ0n) is 10.9. The van der Waals surface area contributed by atoms with Crippen LogP contribution in [0.1, 0.15) is 11.3 Å². The maximum atomic E-state index is 5.67. The van der Waals surface area contributed by atoms with Crippen LogP contribution in [-0.2, 0) is 13.0 Å². The summed E-state index contributed by atoms with van der Waals surface area (Å²) >= 11 is 1.65. The van der Waals surface area contributed by atoms with E-state index in [1.807, 2.05) is 5.51 Å². The number of rotatable bonds is 7. The van der Waals surface area contributed by atoms with Gasteiger partial charge in [0, 0.05) is 31.6 Å². The normalized spacial score (nSPS) is 10.4. The van der Waals surface area contributed by atoms with Gasteiger partial charge in [0.2, 0.25) is 0 Å². The molecule has 104 valence electrons. The summed E-state index contributed by atoms with van der Waals surface area (Å²) in [5.74, 6) is 0. The van der Waals surface area contributed by atoms with E-state index in [0.29, 0.717) is 6.54 Å². The molecule has 19 heavy (non-hydrogen) atoms. The van der Waals surface area contributed by atoms with Crippen molar-refractivity contribution in [3.63, 3.8) is 0 Å². The average molecular weight is 298 g/mol. The molecule has 0 amide bonds. The van der Waals surface area contributed by atoms with E-state index in [1.165, 1.54) is 5.56 Å². The smallest absolute Gasteiger partial charge is 0.0795 e. The first-order chi connectivity index (χ1) is 8.88. The summed E-state index contributed by atoms with van der Waals surface area (Å²) in [7, 11) is 0. The molecule has 0 saturated heterocycles. The van der Waals surface area contributed by atoms with Gasteiger partial charge in [-0.2, -0.15) is 0 Å². The van der Waals surface area contributed by atoms with Crippen molar-refractivity contribution in [2.45, 2.75) is 13.0 Å². The van der Waals surface area contributed by atoms with Crippen molar-refractivity contribution in [3.8, 4) is 0 Å². The Morgan fingerprint density at radius 2 is 1.95 bits per heavy atom. The molecule has 2 rings (SSSR count). The quantitative estimate of drug-likeness (QED) is 0.854. The SMILES string of the molecule is Cl.NCCN(CCc1ccccc1)Cc1cscn1. The summed E-state index contributed by atoms with van der Waals surface area (Å²) in [5, 5.41) is 2.10. The maximum Gasteiger partial charge on any atom is 0.0795 e. The molecule has 1 aromatic heterocycles. The van der Waals surface area contributed by atoms with Gasteiger partial charge < -0.3 is 5.73 Å². The molecule has 0 saturated carbocycles. The summed E-state index contributed by atoms with van der Waals surface area (Å²) in [6.07, 6.45) is 1.06. The highest BCUT2D eigenvalue weighted by Crippen LogP contribution is 2.07. The molecule has 0 radical (unpaired) electrons. The minimum Gasteiger partial charge on any atom is -0.329 e. The second-order valence-corrected chi connectivity index (χ2v) is 5.00. The highest BCUT2D eigenvalue weighted by Gasteiger charge is 2.06. The van der Waals surface area contributed by atoms with Crippen LogP contribution >= 0.6 is 23.7 Å². The van der Waals surface area contributed by atoms with Crippen LogP contribution in [0.2, 0.25) is 0 Å². The number of benzene rings is 1. The first-order valence-corrected chi connectivity index (χ1v) is 7.16. The summed E-state index contributed by atoms with van der Waals surface area (Å²) < 4.78 is 0. The number of nitrogens with two attached hydrogens (primary N) is 1. The number of nitrogens with zero attached hydrogens (tertiary/aromatic N) is 2. The predicted molar refractivity (Wildman–Crippen MR) is 83.8 cm³/mol. The number of hydrogen-bond donors (Lipinski definition) is 1. The average Bonchev–Trinajstić information content (AvgIpc) is 2.90. The second kappa shape index (κ2) is 9.04. The minimum absolute atomic E-state index is 0. The number of aromatic nitrogens is 1. The number of thiazole rings is 1. The highest BCUT2D eigenvalue weighted by atomic mass is 35.5. The molecule has 1 aromatic carbocycles. The highest BCUT2D eigenvalue weighted by molar-refractivity contribution is 7.07. The van der Waals surface area contributed by atoms with E-state index in [4.69, 9.17) is 5.73 Å². The molecule has 0 bridgehead atoms. The van der Waals surface area contributed by atoms with Crippen molar-refractivity contribution in [2.24, 2.45) is 5.73 Å². The Hall–Kier alpha value is -0.940. The zero-order valence-corrected chi connectivity index (χ0v) is 12.5. The Bertz CT molecular complexity index is 433. The van der Waals surface area contributed by atoms with Gasteiger partial charge in [-0.25, -0.2) is 4.98 Å². The third-order valence-corrected chi connectivity index (χ3v) is 3.51. The Kier molecular flexibility index (Phi) is 7.67. The van der Waals surface area contributed by atoms with Crippen LogP contribution in [0, 0.1) is 0 Å². The van der Waals surface area contributed by atoms with Gasteiger partial charge in [-0.3, -0.25) is 4.90 Å². The molecule has 0 fully saturated rings. The lowest BCUT2D eigenvalue weighted by molar-refractivity contribution is 0.274. The third-order valence-electron chi connectivity index (χ3n) is 2.87. The minimum atomic E-state index is 0. The Morgan fingerprint density at radius 1 is 1.16 bits per heavy atom. The van der Waals surface area contributed by atoms with E-state index in [1.54, 1.807) is 11.3 Å². The van der Waals surface area contributed by atoms with E-state index in [2.05, 4.69) is 45.6 Å². The van der Waals surface area contributed by atoms with Crippen LogP contribution in [0.3, 0.4) is 0 Å². The second-order valence-electron chi connectivity index (χ2n) is 4.28. The van der Waals surface area contributed by atoms with Crippen molar-refractivity contribution in [3.05, 3.63) is 52.5 Å². The number of hydrogen-bond acceptors (Lipinski definition) is 4. The Morgan fingerprint density at radius 3 is 2.58 bits per heavy atom. The van der Waals surface area contributed by atoms with E-state index < -0.39 is 0 Å². The van der Waals surface area contributed by atoms with Crippen LogP contribution in [0.15, 0.2) is 41.2 Å². The molecular weight excluding hydrogens is 278 g/mol. The first-order valence-electron chi connectivity index (χ1n) is 6.22. The van der Waals surface area contributed by atoms with Gasteiger partial charge in [-0.15, -0.1) is 23.7 Å². The fraction of sp³-hybridized carbons (Fsp3) is 0.357. The van der Waals surface area contributed by atoms with Gasteiger partial charge in [0.25, 0.3) is 0 Å². The topological polar surface area (TPSA) is 42.1 Å². The van der Waals surface area contributed by atoms with Gasteiger partial charge in [0.1, 0.15) is 0 Å². The summed E-state index contributed by atoms with van der Waals surface area (Å²) in [6, 6.07) is 10.6. The van der Waals surface area contributed by atoms with Crippen molar-refractivity contribution in [1.29, 1.82) is 0 Å². The lowest BCUT2D eigenvalue weighted by Gasteiger charge is -2.20. The monoisotopic (exact) mass is 297 g/mol. The fourth-order valence-corrected chi connectivity index (χ4v) is 2.48. The van der Waals surface area contributed by atoms with Crippen LogP contribution < -0.4 is 5.73 Å². The lowest BCUT2D eigenvalue weighted by Crippen LogP contribution is -2.31. The molecule has 3 nitrogen and oxygen atoms in total. The molecule has 0 atom stereocenters. The lowest BCUT2D eigenvalue weighted by atomic mass is 10.1. The zero-order chi connectivity index (χ0) is 12.6.